The van der Waals surface area contributed by atoms with Gasteiger partial charge in [-0.25, -0.2) is 4.98 Å². The number of likely N-dealkylation sites (tertiary alicyclic amines) is 1. The lowest BCUT2D eigenvalue weighted by Gasteiger charge is -2.14. The maximum absolute atomic E-state index is 12.7. The molecule has 0 aliphatic carbocycles. The van der Waals surface area contributed by atoms with Gasteiger partial charge in [0.15, 0.2) is 0 Å². The molecule has 1 saturated heterocycles. The van der Waals surface area contributed by atoms with Crippen LogP contribution in [0.4, 0.5) is 0 Å². The molecule has 1 fully saturated rings. The van der Waals surface area contributed by atoms with E-state index in [0.29, 0.717) is 25.2 Å². The standard InChI is InChI=1S/C17H17N3O3S2/c1-10-5-12(23-19-10)6-11-7-20(8-14(11)21)17(22)13-9-25-16(18-13)15-3-2-4-24-15/h2-5,9,11,14,21H,6-8H2,1H3/t11-,14+/m1/s1. The van der Waals surface area contributed by atoms with Gasteiger partial charge in [-0.3, -0.25) is 4.79 Å². The van der Waals surface area contributed by atoms with Crippen molar-refractivity contribution in [2.45, 2.75) is 19.4 Å². The van der Waals surface area contributed by atoms with Crippen molar-refractivity contribution in [2.75, 3.05) is 13.1 Å². The molecule has 1 aliphatic rings. The van der Waals surface area contributed by atoms with E-state index in [4.69, 9.17) is 4.52 Å². The summed E-state index contributed by atoms with van der Waals surface area (Å²) >= 11 is 3.07. The summed E-state index contributed by atoms with van der Waals surface area (Å²) in [6.45, 7) is 2.68. The number of thiophene rings is 1. The topological polar surface area (TPSA) is 79.5 Å². The molecule has 0 unspecified atom stereocenters. The van der Waals surface area contributed by atoms with Crippen LogP contribution in [0.5, 0.6) is 0 Å². The number of aryl methyl sites for hydroxylation is 1. The zero-order valence-electron chi connectivity index (χ0n) is 13.6. The molecule has 2 atom stereocenters. The summed E-state index contributed by atoms with van der Waals surface area (Å²) in [6, 6.07) is 5.83. The van der Waals surface area contributed by atoms with Gasteiger partial charge in [0.2, 0.25) is 0 Å². The SMILES string of the molecule is Cc1cc(C[C@@H]2CN(C(=O)c3csc(-c4cccs4)n3)C[C@@H]2O)on1. The number of hydrogen-bond donors (Lipinski definition) is 1. The van der Waals surface area contributed by atoms with Crippen molar-refractivity contribution in [3.05, 3.63) is 46.1 Å². The Bertz CT molecular complexity index is 871. The van der Waals surface area contributed by atoms with Gasteiger partial charge in [-0.05, 0) is 18.4 Å². The molecule has 0 spiro atoms. The highest BCUT2D eigenvalue weighted by Gasteiger charge is 2.35. The predicted octanol–water partition coefficient (Wildman–Crippen LogP) is 2.84. The van der Waals surface area contributed by atoms with Crippen molar-refractivity contribution in [2.24, 2.45) is 5.92 Å². The van der Waals surface area contributed by atoms with E-state index < -0.39 is 6.10 Å². The number of aromatic nitrogens is 2. The van der Waals surface area contributed by atoms with Gasteiger partial charge in [-0.15, -0.1) is 22.7 Å². The highest BCUT2D eigenvalue weighted by Crippen LogP contribution is 2.29. The molecule has 3 aromatic rings. The van der Waals surface area contributed by atoms with Gasteiger partial charge < -0.3 is 14.5 Å². The fourth-order valence-electron chi connectivity index (χ4n) is 3.04. The molecule has 0 aromatic carbocycles. The third kappa shape index (κ3) is 3.37. The molecule has 1 amide bonds. The number of thiazole rings is 1. The van der Waals surface area contributed by atoms with E-state index in [1.165, 1.54) is 11.3 Å². The molecule has 6 nitrogen and oxygen atoms in total. The van der Waals surface area contributed by atoms with Crippen LogP contribution in [0.25, 0.3) is 9.88 Å². The Morgan fingerprint density at radius 2 is 2.32 bits per heavy atom. The Morgan fingerprint density at radius 1 is 1.44 bits per heavy atom. The maximum Gasteiger partial charge on any atom is 0.273 e. The Labute approximate surface area is 152 Å². The normalized spacial score (nSPS) is 20.3. The lowest BCUT2D eigenvalue weighted by atomic mass is 10.0. The molecular formula is C17H17N3O3S2. The number of aliphatic hydroxyl groups excluding tert-OH is 1. The number of amides is 1. The predicted molar refractivity (Wildman–Crippen MR) is 95.8 cm³/mol. The Kier molecular flexibility index (Phi) is 4.41. The third-order valence-corrected chi connectivity index (χ3v) is 6.17. The fourth-order valence-corrected chi connectivity index (χ4v) is 4.65. The van der Waals surface area contributed by atoms with Crippen LogP contribution in [0.1, 0.15) is 21.9 Å². The van der Waals surface area contributed by atoms with Gasteiger partial charge in [0.05, 0.1) is 16.7 Å². The smallest absolute Gasteiger partial charge is 0.273 e. The molecular weight excluding hydrogens is 358 g/mol. The average Bonchev–Trinajstić information content (AvgIpc) is 3.35. The molecule has 4 heterocycles. The van der Waals surface area contributed by atoms with Crippen molar-refractivity contribution in [3.63, 3.8) is 0 Å². The van der Waals surface area contributed by atoms with E-state index in [0.717, 1.165) is 21.3 Å². The summed E-state index contributed by atoms with van der Waals surface area (Å²) in [7, 11) is 0. The first-order valence-electron chi connectivity index (χ1n) is 7.99. The second-order valence-electron chi connectivity index (χ2n) is 6.19. The van der Waals surface area contributed by atoms with Crippen LogP contribution in [-0.2, 0) is 6.42 Å². The highest BCUT2D eigenvalue weighted by atomic mass is 32.1. The summed E-state index contributed by atoms with van der Waals surface area (Å²) in [4.78, 5) is 19.9. The molecule has 3 aromatic heterocycles. The van der Waals surface area contributed by atoms with Gasteiger partial charge >= 0.3 is 0 Å². The van der Waals surface area contributed by atoms with E-state index in [-0.39, 0.29) is 11.8 Å². The van der Waals surface area contributed by atoms with Crippen molar-refractivity contribution in [1.82, 2.24) is 15.0 Å². The fraction of sp³-hybridized carbons (Fsp3) is 0.353. The first-order valence-corrected chi connectivity index (χ1v) is 9.75. The summed E-state index contributed by atoms with van der Waals surface area (Å²) in [5.41, 5.74) is 1.26. The van der Waals surface area contributed by atoms with E-state index in [9.17, 15) is 9.90 Å². The minimum absolute atomic E-state index is 0.0493. The molecule has 0 bridgehead atoms. The lowest BCUT2D eigenvalue weighted by Crippen LogP contribution is -2.29. The van der Waals surface area contributed by atoms with Gasteiger partial charge in [0.25, 0.3) is 5.91 Å². The van der Waals surface area contributed by atoms with Crippen molar-refractivity contribution in [1.29, 1.82) is 0 Å². The first kappa shape index (κ1) is 16.4. The van der Waals surface area contributed by atoms with E-state index >= 15 is 0 Å². The molecule has 130 valence electrons. The molecule has 1 N–H and O–H groups in total. The minimum atomic E-state index is -0.565. The van der Waals surface area contributed by atoms with Gasteiger partial charge in [0, 0.05) is 36.9 Å². The monoisotopic (exact) mass is 375 g/mol. The molecule has 0 radical (unpaired) electrons. The Morgan fingerprint density at radius 3 is 3.04 bits per heavy atom. The van der Waals surface area contributed by atoms with Crippen LogP contribution < -0.4 is 0 Å². The van der Waals surface area contributed by atoms with Crippen LogP contribution in [0.15, 0.2) is 33.5 Å². The number of carbonyl (C=O) groups is 1. The first-order chi connectivity index (χ1) is 12.1. The Hall–Kier alpha value is -2.03. The lowest BCUT2D eigenvalue weighted by molar-refractivity contribution is 0.0760. The molecule has 0 saturated carbocycles. The zero-order chi connectivity index (χ0) is 17.4. The van der Waals surface area contributed by atoms with E-state index in [1.54, 1.807) is 21.6 Å². The zero-order valence-corrected chi connectivity index (χ0v) is 15.2. The number of aliphatic hydroxyl groups is 1. The quantitative estimate of drug-likeness (QED) is 0.758. The summed E-state index contributed by atoms with van der Waals surface area (Å²) in [6.07, 6.45) is 0.00768. The van der Waals surface area contributed by atoms with Gasteiger partial charge in [-0.1, -0.05) is 11.2 Å². The number of hydrogen-bond acceptors (Lipinski definition) is 7. The number of carbonyl (C=O) groups excluding carboxylic acids is 1. The minimum Gasteiger partial charge on any atom is -0.391 e. The summed E-state index contributed by atoms with van der Waals surface area (Å²) in [5.74, 6) is 0.561. The van der Waals surface area contributed by atoms with E-state index in [1.807, 2.05) is 30.5 Å². The molecule has 1 aliphatic heterocycles. The van der Waals surface area contributed by atoms with E-state index in [2.05, 4.69) is 10.1 Å². The van der Waals surface area contributed by atoms with Crippen LogP contribution in [-0.4, -0.2) is 45.2 Å². The number of rotatable bonds is 4. The van der Waals surface area contributed by atoms with Crippen LogP contribution in [0.3, 0.4) is 0 Å². The molecule has 25 heavy (non-hydrogen) atoms. The summed E-state index contributed by atoms with van der Waals surface area (Å²) in [5, 5.41) is 18.8. The van der Waals surface area contributed by atoms with Gasteiger partial charge in [0.1, 0.15) is 16.5 Å². The van der Waals surface area contributed by atoms with Crippen LogP contribution in [0, 0.1) is 12.8 Å². The number of β-amino-alcohol motifs (C(OH)–C–C–N with tert-alkyl or cyclic N) is 1. The molecule has 8 heteroatoms. The second kappa shape index (κ2) is 6.70. The van der Waals surface area contributed by atoms with Crippen LogP contribution >= 0.6 is 22.7 Å². The average molecular weight is 375 g/mol. The van der Waals surface area contributed by atoms with Crippen molar-refractivity contribution in [3.8, 4) is 9.88 Å². The maximum atomic E-state index is 12.7. The molecule has 4 rings (SSSR count). The largest absolute Gasteiger partial charge is 0.391 e. The van der Waals surface area contributed by atoms with Crippen LogP contribution in [0.2, 0.25) is 0 Å². The van der Waals surface area contributed by atoms with Gasteiger partial charge in [-0.2, -0.15) is 0 Å². The highest BCUT2D eigenvalue weighted by molar-refractivity contribution is 7.20. The number of nitrogens with zero attached hydrogens (tertiary/aromatic N) is 3. The summed E-state index contributed by atoms with van der Waals surface area (Å²) < 4.78 is 5.23. The van der Waals surface area contributed by atoms with Crippen molar-refractivity contribution < 1.29 is 14.4 Å². The van der Waals surface area contributed by atoms with Crippen molar-refractivity contribution >= 4 is 28.6 Å². The Balaban J connectivity index is 1.44. The second-order valence-corrected chi connectivity index (χ2v) is 8.00. The third-order valence-electron chi connectivity index (χ3n) is 4.29.